The standard InChI is InChI=1S/C22H35NO3.C3H8.C2H6/c1-20-9-8-19(24)23(3)14-15(20)4-5-16-17(20)6-10-21(2)18(16)7-11-22(21)25-12-13-26-22;1-3-2;1-2/h15-18H,4-14H2,1-3H3;3H2,1-2H3;1-2H3/t15-,16+,17-,18-,20-,21-;;/m0../s1. The minimum atomic E-state index is -0.292. The molecule has 0 aromatic heterocycles. The minimum absolute atomic E-state index is 0.186. The molecule has 0 N–H and O–H groups in total. The van der Waals surface area contributed by atoms with Gasteiger partial charge in [0.2, 0.25) is 5.91 Å². The molecule has 4 heteroatoms. The summed E-state index contributed by atoms with van der Waals surface area (Å²) in [4.78, 5) is 14.4. The van der Waals surface area contributed by atoms with Crippen LogP contribution < -0.4 is 0 Å². The molecule has 0 unspecified atom stereocenters. The molecule has 3 saturated carbocycles. The molecule has 5 aliphatic rings. The van der Waals surface area contributed by atoms with Crippen molar-refractivity contribution in [2.45, 2.75) is 105 Å². The van der Waals surface area contributed by atoms with Crippen LogP contribution in [-0.2, 0) is 14.3 Å². The van der Waals surface area contributed by atoms with Gasteiger partial charge in [-0.05, 0) is 67.6 Å². The molecule has 31 heavy (non-hydrogen) atoms. The van der Waals surface area contributed by atoms with E-state index in [1.54, 1.807) is 0 Å². The predicted molar refractivity (Wildman–Crippen MR) is 127 cm³/mol. The second kappa shape index (κ2) is 9.71. The summed E-state index contributed by atoms with van der Waals surface area (Å²) in [7, 11) is 2.01. The highest BCUT2D eigenvalue weighted by molar-refractivity contribution is 5.76. The number of rotatable bonds is 0. The van der Waals surface area contributed by atoms with Crippen LogP contribution >= 0.6 is 0 Å². The maximum absolute atomic E-state index is 12.4. The second-order valence-corrected chi connectivity index (χ2v) is 11.1. The summed E-state index contributed by atoms with van der Waals surface area (Å²) in [6.07, 6.45) is 10.6. The van der Waals surface area contributed by atoms with Gasteiger partial charge in [-0.2, -0.15) is 0 Å². The Kier molecular flexibility index (Phi) is 7.84. The van der Waals surface area contributed by atoms with E-state index in [1.165, 1.54) is 38.5 Å². The molecule has 0 bridgehead atoms. The van der Waals surface area contributed by atoms with Crippen molar-refractivity contribution in [1.82, 2.24) is 4.90 Å². The molecular weight excluding hydrogens is 386 g/mol. The van der Waals surface area contributed by atoms with Crippen molar-refractivity contribution in [3.8, 4) is 0 Å². The largest absolute Gasteiger partial charge is 0.347 e. The topological polar surface area (TPSA) is 38.8 Å². The Bertz CT molecular complexity index is 616. The van der Waals surface area contributed by atoms with Gasteiger partial charge in [-0.15, -0.1) is 0 Å². The Morgan fingerprint density at radius 3 is 2.19 bits per heavy atom. The summed E-state index contributed by atoms with van der Waals surface area (Å²) in [5.41, 5.74) is 0.517. The summed E-state index contributed by atoms with van der Waals surface area (Å²) < 4.78 is 12.5. The van der Waals surface area contributed by atoms with Crippen molar-refractivity contribution in [2.24, 2.45) is 34.5 Å². The lowest BCUT2D eigenvalue weighted by Gasteiger charge is -2.59. The van der Waals surface area contributed by atoms with E-state index in [-0.39, 0.29) is 11.2 Å². The average molecular weight is 436 g/mol. The zero-order valence-electron chi connectivity index (χ0n) is 21.5. The van der Waals surface area contributed by atoms with Crippen molar-refractivity contribution in [2.75, 3.05) is 26.8 Å². The fraction of sp³-hybridized carbons (Fsp3) is 0.963. The predicted octanol–water partition coefficient (Wildman–Crippen LogP) is 6.28. The van der Waals surface area contributed by atoms with Crippen molar-refractivity contribution in [3.63, 3.8) is 0 Å². The number of amides is 1. The molecule has 5 rings (SSSR count). The van der Waals surface area contributed by atoms with Gasteiger partial charge in [0, 0.05) is 31.8 Å². The van der Waals surface area contributed by atoms with Crippen LogP contribution in [0.25, 0.3) is 0 Å². The first kappa shape index (κ1) is 25.0. The molecule has 0 radical (unpaired) electrons. The zero-order valence-corrected chi connectivity index (χ0v) is 21.5. The van der Waals surface area contributed by atoms with E-state index in [9.17, 15) is 4.79 Å². The van der Waals surface area contributed by atoms with Gasteiger partial charge in [0.1, 0.15) is 0 Å². The second-order valence-electron chi connectivity index (χ2n) is 11.1. The number of likely N-dealkylation sites (tertiary alicyclic amines) is 1. The number of carbonyl (C=O) groups excluding carboxylic acids is 1. The fourth-order valence-corrected chi connectivity index (χ4v) is 8.11. The molecule has 0 aromatic rings. The Morgan fingerprint density at radius 2 is 1.55 bits per heavy atom. The lowest BCUT2D eigenvalue weighted by molar-refractivity contribution is -0.246. The van der Waals surface area contributed by atoms with E-state index in [0.717, 1.165) is 56.8 Å². The summed E-state index contributed by atoms with van der Waals surface area (Å²) in [5, 5.41) is 0. The molecule has 180 valence electrons. The van der Waals surface area contributed by atoms with Gasteiger partial charge in [0.25, 0.3) is 0 Å². The first-order valence-electron chi connectivity index (χ1n) is 13.3. The number of ether oxygens (including phenoxy) is 2. The quantitative estimate of drug-likeness (QED) is 0.449. The van der Waals surface area contributed by atoms with E-state index in [1.807, 2.05) is 25.8 Å². The zero-order chi connectivity index (χ0) is 22.9. The first-order chi connectivity index (χ1) is 14.8. The molecule has 3 aliphatic carbocycles. The molecule has 2 heterocycles. The van der Waals surface area contributed by atoms with Crippen LogP contribution in [-0.4, -0.2) is 43.4 Å². The maximum Gasteiger partial charge on any atom is 0.222 e. The SMILES string of the molecule is CC.CCC.CN1C[C@@H]2CC[C@@H]3[C@H](CC[C@@]4(C)[C@H]3CCC43OCCO3)[C@@]2(C)CCC1=O. The Balaban J connectivity index is 0.000000504. The van der Waals surface area contributed by atoms with Crippen molar-refractivity contribution in [3.05, 3.63) is 0 Å². The molecule has 0 aromatic carbocycles. The highest BCUT2D eigenvalue weighted by Crippen LogP contribution is 2.68. The van der Waals surface area contributed by atoms with Crippen molar-refractivity contribution in [1.29, 1.82) is 0 Å². The van der Waals surface area contributed by atoms with Crippen LogP contribution in [0.1, 0.15) is 99.3 Å². The molecular formula is C27H49NO3. The number of fused-ring (bicyclic) bond motifs is 6. The molecule has 5 fully saturated rings. The fourth-order valence-electron chi connectivity index (χ4n) is 8.11. The Morgan fingerprint density at radius 1 is 0.935 bits per heavy atom. The lowest BCUT2D eigenvalue weighted by atomic mass is 9.46. The summed E-state index contributed by atoms with van der Waals surface area (Å²) >= 11 is 0. The molecule has 2 saturated heterocycles. The van der Waals surface area contributed by atoms with Gasteiger partial charge in [0.05, 0.1) is 13.2 Å². The van der Waals surface area contributed by atoms with E-state index < -0.39 is 0 Å². The third-order valence-corrected chi connectivity index (χ3v) is 9.66. The first-order valence-corrected chi connectivity index (χ1v) is 13.3. The summed E-state index contributed by atoms with van der Waals surface area (Å²) in [6.45, 7) is 15.7. The van der Waals surface area contributed by atoms with Crippen LogP contribution in [0.2, 0.25) is 0 Å². The highest BCUT2D eigenvalue weighted by Gasteiger charge is 2.67. The number of carbonyl (C=O) groups is 1. The van der Waals surface area contributed by atoms with Gasteiger partial charge in [-0.3, -0.25) is 4.79 Å². The molecule has 6 atom stereocenters. The minimum Gasteiger partial charge on any atom is -0.347 e. The van der Waals surface area contributed by atoms with Crippen LogP contribution in [0.5, 0.6) is 0 Å². The molecule has 1 spiro atoms. The van der Waals surface area contributed by atoms with E-state index in [2.05, 4.69) is 27.7 Å². The van der Waals surface area contributed by atoms with E-state index in [4.69, 9.17) is 9.47 Å². The van der Waals surface area contributed by atoms with Crippen molar-refractivity contribution >= 4 is 5.91 Å². The summed E-state index contributed by atoms with van der Waals surface area (Å²) in [5.74, 6) is 3.04. The summed E-state index contributed by atoms with van der Waals surface area (Å²) in [6, 6.07) is 0. The van der Waals surface area contributed by atoms with Gasteiger partial charge in [0.15, 0.2) is 5.79 Å². The Hall–Kier alpha value is -0.610. The van der Waals surface area contributed by atoms with Crippen LogP contribution in [0.3, 0.4) is 0 Å². The maximum atomic E-state index is 12.4. The third-order valence-electron chi connectivity index (χ3n) is 9.66. The third kappa shape index (κ3) is 3.98. The van der Waals surface area contributed by atoms with Crippen LogP contribution in [0.4, 0.5) is 0 Å². The monoisotopic (exact) mass is 435 g/mol. The average Bonchev–Trinajstić information content (AvgIpc) is 3.33. The van der Waals surface area contributed by atoms with Crippen molar-refractivity contribution < 1.29 is 14.3 Å². The van der Waals surface area contributed by atoms with Crippen LogP contribution in [0, 0.1) is 34.5 Å². The lowest BCUT2D eigenvalue weighted by Crippen LogP contribution is -2.56. The number of hydrogen-bond acceptors (Lipinski definition) is 3. The van der Waals surface area contributed by atoms with E-state index >= 15 is 0 Å². The highest BCUT2D eigenvalue weighted by atomic mass is 16.7. The molecule has 1 amide bonds. The smallest absolute Gasteiger partial charge is 0.222 e. The molecule has 2 aliphatic heterocycles. The van der Waals surface area contributed by atoms with Gasteiger partial charge >= 0.3 is 0 Å². The molecule has 4 nitrogen and oxygen atoms in total. The van der Waals surface area contributed by atoms with E-state index in [0.29, 0.717) is 17.2 Å². The van der Waals surface area contributed by atoms with Gasteiger partial charge in [-0.25, -0.2) is 0 Å². The van der Waals surface area contributed by atoms with Gasteiger partial charge < -0.3 is 14.4 Å². The normalized spacial score (nSPS) is 42.9. The number of hydrogen-bond donors (Lipinski definition) is 0. The number of nitrogens with zero attached hydrogens (tertiary/aromatic N) is 1. The van der Waals surface area contributed by atoms with Crippen LogP contribution in [0.15, 0.2) is 0 Å². The Labute approximate surface area is 191 Å². The van der Waals surface area contributed by atoms with Gasteiger partial charge in [-0.1, -0.05) is 48.0 Å².